The smallest absolute Gasteiger partial charge is 0.266 e. The Morgan fingerprint density at radius 1 is 1.10 bits per heavy atom. The van der Waals surface area contributed by atoms with E-state index in [-0.39, 0.29) is 11.9 Å². The Morgan fingerprint density at radius 2 is 1.93 bits per heavy atom. The Hall–Kier alpha value is -3.29. The predicted molar refractivity (Wildman–Crippen MR) is 120 cm³/mol. The van der Waals surface area contributed by atoms with Crippen LogP contribution in [0.5, 0.6) is 0 Å². The molecule has 4 aromatic rings. The summed E-state index contributed by atoms with van der Waals surface area (Å²) >= 11 is 1.41. The number of amides is 1. The summed E-state index contributed by atoms with van der Waals surface area (Å²) < 4.78 is 1.81. The lowest BCUT2D eigenvalue weighted by molar-refractivity contribution is 0.103. The lowest BCUT2D eigenvalue weighted by Gasteiger charge is -2.13. The Bertz CT molecular complexity index is 1080. The molecule has 1 unspecified atom stereocenters. The van der Waals surface area contributed by atoms with Gasteiger partial charge in [-0.15, -0.1) is 16.4 Å². The van der Waals surface area contributed by atoms with Gasteiger partial charge in [-0.25, -0.2) is 4.68 Å². The molecule has 1 aromatic carbocycles. The van der Waals surface area contributed by atoms with Gasteiger partial charge in [-0.1, -0.05) is 30.3 Å². The van der Waals surface area contributed by atoms with Gasteiger partial charge in [0.05, 0.1) is 16.3 Å². The summed E-state index contributed by atoms with van der Waals surface area (Å²) in [5.74, 6) is 0.448. The summed E-state index contributed by atoms with van der Waals surface area (Å²) in [5.41, 5.74) is 2.93. The zero-order chi connectivity index (χ0) is 20.8. The zero-order valence-electron chi connectivity index (χ0n) is 16.7. The summed E-state index contributed by atoms with van der Waals surface area (Å²) in [7, 11) is 0. The minimum Gasteiger partial charge on any atom is -0.309 e. The standard InChI is InChI=1S/C23H23N5OS/c1-17(20-10-5-6-13-25-20)24-14-12-18-16-28(19-8-3-2-4-9-19)27-22(18)26-23(29)21-11-7-15-30-21/h2-11,13,15-17,24H,12,14H2,1H3,(H,26,27,29). The first-order chi connectivity index (χ1) is 14.7. The maximum absolute atomic E-state index is 12.6. The van der Waals surface area contributed by atoms with Gasteiger partial charge < -0.3 is 10.6 Å². The van der Waals surface area contributed by atoms with Crippen molar-refractivity contribution in [2.24, 2.45) is 0 Å². The molecule has 0 aliphatic heterocycles. The van der Waals surface area contributed by atoms with Crippen molar-refractivity contribution in [2.75, 3.05) is 11.9 Å². The summed E-state index contributed by atoms with van der Waals surface area (Å²) in [4.78, 5) is 17.6. The Labute approximate surface area is 179 Å². The van der Waals surface area contributed by atoms with E-state index in [1.54, 1.807) is 6.20 Å². The number of aromatic nitrogens is 3. The van der Waals surface area contributed by atoms with Gasteiger partial charge >= 0.3 is 0 Å². The SMILES string of the molecule is CC(NCCc1cn(-c2ccccc2)nc1NC(=O)c1cccs1)c1ccccn1. The molecule has 3 heterocycles. The molecule has 0 aliphatic rings. The van der Waals surface area contributed by atoms with Gasteiger partial charge in [0.25, 0.3) is 5.91 Å². The second-order valence-electron chi connectivity index (χ2n) is 6.89. The molecule has 0 saturated heterocycles. The van der Waals surface area contributed by atoms with E-state index >= 15 is 0 Å². The van der Waals surface area contributed by atoms with Gasteiger partial charge in [0.15, 0.2) is 5.82 Å². The van der Waals surface area contributed by atoms with E-state index in [0.29, 0.717) is 10.7 Å². The molecule has 0 saturated carbocycles. The number of nitrogens with one attached hydrogen (secondary N) is 2. The normalized spacial score (nSPS) is 11.9. The van der Waals surface area contributed by atoms with Gasteiger partial charge in [-0.3, -0.25) is 9.78 Å². The average Bonchev–Trinajstić information content (AvgIpc) is 3.46. The number of carbonyl (C=O) groups is 1. The van der Waals surface area contributed by atoms with E-state index in [9.17, 15) is 4.79 Å². The number of benzene rings is 1. The van der Waals surface area contributed by atoms with Crippen LogP contribution in [0.25, 0.3) is 5.69 Å². The topological polar surface area (TPSA) is 71.8 Å². The maximum Gasteiger partial charge on any atom is 0.266 e. The number of hydrogen-bond acceptors (Lipinski definition) is 5. The first-order valence-electron chi connectivity index (χ1n) is 9.84. The van der Waals surface area contributed by atoms with Crippen molar-refractivity contribution in [3.8, 4) is 5.69 Å². The van der Waals surface area contributed by atoms with Crippen LogP contribution in [-0.2, 0) is 6.42 Å². The summed E-state index contributed by atoms with van der Waals surface area (Å²) in [6.07, 6.45) is 4.51. The molecule has 0 spiro atoms. The maximum atomic E-state index is 12.6. The number of thiophene rings is 1. The lowest BCUT2D eigenvalue weighted by atomic mass is 10.2. The second-order valence-corrected chi connectivity index (χ2v) is 7.84. The van der Waals surface area contributed by atoms with Crippen molar-refractivity contribution in [3.63, 3.8) is 0 Å². The van der Waals surface area contributed by atoms with Crippen LogP contribution in [0.1, 0.15) is 33.9 Å². The first-order valence-corrected chi connectivity index (χ1v) is 10.7. The fourth-order valence-corrected chi connectivity index (χ4v) is 3.77. The van der Waals surface area contributed by atoms with Crippen LogP contribution in [-0.4, -0.2) is 27.2 Å². The van der Waals surface area contributed by atoms with Crippen LogP contribution in [0.15, 0.2) is 78.4 Å². The minimum atomic E-state index is -0.139. The highest BCUT2D eigenvalue weighted by molar-refractivity contribution is 7.12. The van der Waals surface area contributed by atoms with Crippen molar-refractivity contribution < 1.29 is 4.79 Å². The van der Waals surface area contributed by atoms with E-state index in [2.05, 4.69) is 27.6 Å². The third-order valence-electron chi connectivity index (χ3n) is 4.76. The molecule has 0 radical (unpaired) electrons. The third kappa shape index (κ3) is 4.82. The molecule has 3 aromatic heterocycles. The molecule has 7 heteroatoms. The average molecular weight is 418 g/mol. The Balaban J connectivity index is 1.49. The zero-order valence-corrected chi connectivity index (χ0v) is 17.5. The molecule has 1 amide bonds. The monoisotopic (exact) mass is 417 g/mol. The molecular weight excluding hydrogens is 394 g/mol. The number of anilines is 1. The number of rotatable bonds is 8. The van der Waals surface area contributed by atoms with E-state index in [1.165, 1.54) is 11.3 Å². The van der Waals surface area contributed by atoms with Crippen LogP contribution >= 0.6 is 11.3 Å². The van der Waals surface area contributed by atoms with Crippen LogP contribution in [0, 0.1) is 0 Å². The number of nitrogens with zero attached hydrogens (tertiary/aromatic N) is 3. The van der Waals surface area contributed by atoms with Crippen molar-refractivity contribution in [1.82, 2.24) is 20.1 Å². The van der Waals surface area contributed by atoms with E-state index in [1.807, 2.05) is 76.9 Å². The molecule has 4 rings (SSSR count). The number of pyridine rings is 1. The largest absolute Gasteiger partial charge is 0.309 e. The fourth-order valence-electron chi connectivity index (χ4n) is 3.15. The molecule has 2 N–H and O–H groups in total. The van der Waals surface area contributed by atoms with E-state index in [4.69, 9.17) is 0 Å². The number of para-hydroxylation sites is 1. The quantitative estimate of drug-likeness (QED) is 0.444. The number of carbonyl (C=O) groups excluding carboxylic acids is 1. The Morgan fingerprint density at radius 3 is 2.67 bits per heavy atom. The first kappa shape index (κ1) is 20.0. The third-order valence-corrected chi connectivity index (χ3v) is 5.63. The second kappa shape index (κ2) is 9.47. The summed E-state index contributed by atoms with van der Waals surface area (Å²) in [5, 5.41) is 13.0. The van der Waals surface area contributed by atoms with Crippen LogP contribution in [0.3, 0.4) is 0 Å². The molecule has 152 valence electrons. The van der Waals surface area contributed by atoms with Crippen molar-refractivity contribution in [2.45, 2.75) is 19.4 Å². The summed E-state index contributed by atoms with van der Waals surface area (Å²) in [6, 6.07) is 19.6. The van der Waals surface area contributed by atoms with Gasteiger partial charge in [-0.2, -0.15) is 0 Å². The van der Waals surface area contributed by atoms with E-state index in [0.717, 1.165) is 29.9 Å². The van der Waals surface area contributed by atoms with Gasteiger partial charge in [0, 0.05) is 24.0 Å². The molecule has 30 heavy (non-hydrogen) atoms. The fraction of sp³-hybridized carbons (Fsp3) is 0.174. The summed E-state index contributed by atoms with van der Waals surface area (Å²) in [6.45, 7) is 2.83. The van der Waals surface area contributed by atoms with Crippen molar-refractivity contribution in [3.05, 3.63) is 94.6 Å². The molecular formula is C23H23N5OS. The highest BCUT2D eigenvalue weighted by atomic mass is 32.1. The van der Waals surface area contributed by atoms with Crippen molar-refractivity contribution >= 4 is 23.1 Å². The highest BCUT2D eigenvalue weighted by Crippen LogP contribution is 2.20. The Kier molecular flexibility index (Phi) is 6.32. The van der Waals surface area contributed by atoms with Crippen molar-refractivity contribution in [1.29, 1.82) is 0 Å². The number of hydrogen-bond donors (Lipinski definition) is 2. The van der Waals surface area contributed by atoms with Gasteiger partial charge in [-0.05, 0) is 55.6 Å². The van der Waals surface area contributed by atoms with Crippen LogP contribution in [0.2, 0.25) is 0 Å². The minimum absolute atomic E-state index is 0.138. The lowest BCUT2D eigenvalue weighted by Crippen LogP contribution is -2.22. The molecule has 6 nitrogen and oxygen atoms in total. The predicted octanol–water partition coefficient (Wildman–Crippen LogP) is 4.47. The van der Waals surface area contributed by atoms with Gasteiger partial charge in [0.1, 0.15) is 0 Å². The molecule has 0 bridgehead atoms. The highest BCUT2D eigenvalue weighted by Gasteiger charge is 2.15. The van der Waals surface area contributed by atoms with Crippen LogP contribution < -0.4 is 10.6 Å². The van der Waals surface area contributed by atoms with E-state index < -0.39 is 0 Å². The molecule has 0 aliphatic carbocycles. The van der Waals surface area contributed by atoms with Gasteiger partial charge in [0.2, 0.25) is 0 Å². The molecule has 0 fully saturated rings. The molecule has 1 atom stereocenters. The van der Waals surface area contributed by atoms with Crippen LogP contribution in [0.4, 0.5) is 5.82 Å².